The van der Waals surface area contributed by atoms with Crippen LogP contribution in [-0.2, 0) is 14.6 Å². The lowest BCUT2D eigenvalue weighted by Crippen LogP contribution is -2.59. The summed E-state index contributed by atoms with van der Waals surface area (Å²) in [5.74, 6) is -0.329. The highest BCUT2D eigenvalue weighted by molar-refractivity contribution is 7.91. The predicted octanol–water partition coefficient (Wildman–Crippen LogP) is 6.61. The van der Waals surface area contributed by atoms with Crippen molar-refractivity contribution in [2.45, 2.75) is 119 Å². The van der Waals surface area contributed by atoms with Crippen molar-refractivity contribution in [3.05, 3.63) is 81.5 Å². The molecule has 4 N–H and O–H groups in total. The van der Waals surface area contributed by atoms with Crippen LogP contribution in [0.15, 0.2) is 64.5 Å². The number of nitrogens with zero attached hydrogens (tertiary/aromatic N) is 4. The van der Waals surface area contributed by atoms with Crippen molar-refractivity contribution in [3.63, 3.8) is 0 Å². The summed E-state index contributed by atoms with van der Waals surface area (Å²) in [6.45, 7) is 11.9. The second-order valence-electron chi connectivity index (χ2n) is 17.4. The van der Waals surface area contributed by atoms with Gasteiger partial charge in [0, 0.05) is 50.2 Å². The first-order chi connectivity index (χ1) is 26.6. The van der Waals surface area contributed by atoms with E-state index in [1.54, 1.807) is 6.07 Å². The second-order valence-corrected chi connectivity index (χ2v) is 19.3. The minimum atomic E-state index is -4.44. The van der Waals surface area contributed by atoms with Crippen LogP contribution in [0.25, 0.3) is 0 Å². The number of ether oxygens (including phenoxy) is 1. The van der Waals surface area contributed by atoms with Crippen molar-refractivity contribution in [1.29, 1.82) is 0 Å². The summed E-state index contributed by atoms with van der Waals surface area (Å²) in [7, 11) is -4.44. The van der Waals surface area contributed by atoms with Crippen molar-refractivity contribution in [2.75, 3.05) is 43.0 Å². The quantitative estimate of drug-likeness (QED) is 0.141. The van der Waals surface area contributed by atoms with E-state index in [0.717, 1.165) is 70.4 Å². The van der Waals surface area contributed by atoms with Crippen molar-refractivity contribution in [1.82, 2.24) is 9.88 Å². The van der Waals surface area contributed by atoms with Crippen LogP contribution >= 0.6 is 0 Å². The maximum atomic E-state index is 14.2. The molecule has 2 saturated carbocycles. The van der Waals surface area contributed by atoms with Crippen LogP contribution in [0, 0.1) is 21.4 Å². The van der Waals surface area contributed by atoms with Crippen molar-refractivity contribution in [2.24, 2.45) is 17.1 Å². The smallest absolute Gasteiger partial charge is 0.312 e. The fourth-order valence-corrected chi connectivity index (χ4v) is 11.0. The molecule has 2 saturated heterocycles. The molecule has 14 heteroatoms. The van der Waals surface area contributed by atoms with Crippen LogP contribution < -0.4 is 16.0 Å². The number of anilines is 2. The Morgan fingerprint density at radius 1 is 1.11 bits per heavy atom. The molecule has 302 valence electrons. The lowest BCUT2D eigenvalue weighted by molar-refractivity contribution is -0.384. The largest absolute Gasteiger partial charge is 0.390 e. The van der Waals surface area contributed by atoms with Gasteiger partial charge in [-0.3, -0.25) is 19.8 Å². The normalized spacial score (nSPS) is 25.9. The fourth-order valence-electron chi connectivity index (χ4n) is 9.52. The van der Waals surface area contributed by atoms with E-state index >= 15 is 0 Å². The molecule has 2 atom stereocenters. The highest BCUT2D eigenvalue weighted by atomic mass is 32.2. The average molecular weight is 789 g/mol. The van der Waals surface area contributed by atoms with Gasteiger partial charge in [-0.05, 0) is 112 Å². The molecule has 2 aromatic carbocycles. The van der Waals surface area contributed by atoms with Crippen molar-refractivity contribution >= 4 is 32.9 Å². The highest BCUT2D eigenvalue weighted by Crippen LogP contribution is 2.53. The Morgan fingerprint density at radius 3 is 2.46 bits per heavy atom. The number of carbonyl (C=O) groups excluding carboxylic acids is 1. The Labute approximate surface area is 330 Å². The lowest BCUT2D eigenvalue weighted by Gasteiger charge is -2.58. The standard InChI is InChI=1S/C42H56N6O7S/c1-27(2)33-7-5-6-8-34(33)37-26-55-28(3)25-47(37)31-21-42(22-31)15-17-46(18-16-42)30-9-10-35(39(43)49)38(19-30)56(53,54)32-20-36(48(51)52)40(45-24-32)44-23-29-11-13-41(4,50)14-12-29/h5-10,19-20,24,27-29,31,37,50H,11-18,21-23,25-26H2,1-4H3,(H2,43,49)(H,44,45)/t28-,29?,37+,41?/m1/s1. The third-order valence-corrected chi connectivity index (χ3v) is 14.8. The number of nitrogens with two attached hydrogens (primary N) is 1. The number of nitrogens with one attached hydrogen (secondary N) is 1. The van der Waals surface area contributed by atoms with Crippen LogP contribution in [0.2, 0.25) is 0 Å². The van der Waals surface area contributed by atoms with Gasteiger partial charge in [0.2, 0.25) is 21.6 Å². The maximum Gasteiger partial charge on any atom is 0.312 e. The van der Waals surface area contributed by atoms with E-state index in [1.807, 2.05) is 6.92 Å². The predicted molar refractivity (Wildman–Crippen MR) is 215 cm³/mol. The van der Waals surface area contributed by atoms with E-state index in [1.165, 1.54) is 23.3 Å². The number of amides is 1. The number of aromatic nitrogens is 1. The van der Waals surface area contributed by atoms with Gasteiger partial charge in [-0.1, -0.05) is 38.1 Å². The number of pyridine rings is 1. The number of primary amides is 1. The lowest BCUT2D eigenvalue weighted by atomic mass is 9.59. The third kappa shape index (κ3) is 8.16. The number of morpholine rings is 1. The molecule has 1 amide bonds. The first-order valence-electron chi connectivity index (χ1n) is 20.1. The molecule has 4 aliphatic rings. The molecular weight excluding hydrogens is 733 g/mol. The van der Waals surface area contributed by atoms with Crippen LogP contribution in [0.3, 0.4) is 0 Å². The summed E-state index contributed by atoms with van der Waals surface area (Å²) >= 11 is 0. The zero-order valence-electron chi connectivity index (χ0n) is 32.9. The molecule has 3 heterocycles. The van der Waals surface area contributed by atoms with Gasteiger partial charge in [0.1, 0.15) is 0 Å². The molecule has 2 aliphatic heterocycles. The SMILES string of the molecule is CC(C)c1ccccc1[C@@H]1CO[C@H](C)CN1C1CC2(CCN(c3ccc(C(N)=O)c(S(=O)(=O)c4cnc(NCC5CCC(C)(O)CC5)c([N+](=O)[O-])c4)c3)CC2)C1. The Bertz CT molecular complexity index is 2050. The summed E-state index contributed by atoms with van der Waals surface area (Å²) in [4.78, 5) is 32.4. The summed E-state index contributed by atoms with van der Waals surface area (Å²) in [5.41, 5.74) is 7.91. The van der Waals surface area contributed by atoms with Gasteiger partial charge in [-0.25, -0.2) is 13.4 Å². The zero-order valence-corrected chi connectivity index (χ0v) is 33.8. The Balaban J connectivity index is 1.05. The Morgan fingerprint density at radius 2 is 1.80 bits per heavy atom. The van der Waals surface area contributed by atoms with Gasteiger partial charge in [0.25, 0.3) is 0 Å². The minimum Gasteiger partial charge on any atom is -0.390 e. The Kier molecular flexibility index (Phi) is 11.2. The number of carbonyl (C=O) groups is 1. The number of benzene rings is 2. The molecule has 0 unspecified atom stereocenters. The topological polar surface area (TPSA) is 181 Å². The van der Waals surface area contributed by atoms with Crippen LogP contribution in [-0.4, -0.2) is 84.8 Å². The van der Waals surface area contributed by atoms with Crippen LogP contribution in [0.4, 0.5) is 17.2 Å². The van der Waals surface area contributed by atoms with Crippen molar-refractivity contribution < 1.29 is 28.0 Å². The summed E-state index contributed by atoms with van der Waals surface area (Å²) in [6.07, 6.45) is 8.17. The second kappa shape index (κ2) is 15.7. The third-order valence-electron chi connectivity index (χ3n) is 13.0. The molecule has 3 aromatic rings. The van der Waals surface area contributed by atoms with Crippen LogP contribution in [0.1, 0.15) is 113 Å². The van der Waals surface area contributed by atoms with Gasteiger partial charge in [0.15, 0.2) is 0 Å². The molecule has 56 heavy (non-hydrogen) atoms. The van der Waals surface area contributed by atoms with E-state index in [4.69, 9.17) is 10.5 Å². The van der Waals surface area contributed by atoms with E-state index in [0.29, 0.717) is 43.6 Å². The summed E-state index contributed by atoms with van der Waals surface area (Å²) < 4.78 is 34.5. The molecule has 0 bridgehead atoms. The Hall–Kier alpha value is -4.11. The first kappa shape index (κ1) is 40.1. The van der Waals surface area contributed by atoms with Crippen molar-refractivity contribution in [3.8, 4) is 0 Å². The van der Waals surface area contributed by atoms with Gasteiger partial charge in [0.05, 0.1) is 44.6 Å². The summed E-state index contributed by atoms with van der Waals surface area (Å²) in [5, 5.41) is 25.4. The molecule has 4 fully saturated rings. The van der Waals surface area contributed by atoms with E-state index in [-0.39, 0.29) is 39.8 Å². The molecule has 2 aliphatic carbocycles. The number of hydrogen-bond acceptors (Lipinski definition) is 11. The zero-order chi connectivity index (χ0) is 40.0. The maximum absolute atomic E-state index is 14.2. The molecule has 1 aromatic heterocycles. The number of nitro groups is 1. The summed E-state index contributed by atoms with van der Waals surface area (Å²) in [6, 6.07) is 15.1. The monoisotopic (exact) mass is 788 g/mol. The molecule has 1 spiro atoms. The fraction of sp³-hybridized carbons (Fsp3) is 0.571. The number of hydrogen-bond donors (Lipinski definition) is 3. The van der Waals surface area contributed by atoms with E-state index in [2.05, 4.69) is 65.1 Å². The van der Waals surface area contributed by atoms with Gasteiger partial charge < -0.3 is 25.8 Å². The van der Waals surface area contributed by atoms with Crippen LogP contribution in [0.5, 0.6) is 0 Å². The highest BCUT2D eigenvalue weighted by Gasteiger charge is 2.50. The van der Waals surface area contributed by atoms with E-state index in [9.17, 15) is 28.4 Å². The number of piperidine rings is 1. The molecule has 13 nitrogen and oxygen atoms in total. The van der Waals surface area contributed by atoms with Gasteiger partial charge in [-0.15, -0.1) is 0 Å². The molecule has 7 rings (SSSR count). The average Bonchev–Trinajstić information content (AvgIpc) is 3.16. The van der Waals surface area contributed by atoms with Gasteiger partial charge in [-0.2, -0.15) is 0 Å². The van der Waals surface area contributed by atoms with Gasteiger partial charge >= 0.3 is 5.69 Å². The minimum absolute atomic E-state index is 0.0327. The first-order valence-corrected chi connectivity index (χ1v) is 21.5. The molecular formula is C42H56N6O7S. The number of rotatable bonds is 11. The number of sulfone groups is 1. The molecule has 0 radical (unpaired) electrons. The van der Waals surface area contributed by atoms with E-state index < -0.39 is 36.9 Å². The number of aliphatic hydroxyl groups is 1.